The summed E-state index contributed by atoms with van der Waals surface area (Å²) in [6, 6.07) is 0.940. The molecule has 0 fully saturated rings. The Kier molecular flexibility index (Phi) is 5.42. The molecule has 0 saturated carbocycles. The van der Waals surface area contributed by atoms with Crippen molar-refractivity contribution in [3.63, 3.8) is 0 Å². The predicted molar refractivity (Wildman–Crippen MR) is 83.2 cm³/mol. The number of hydrogen-bond donors (Lipinski definition) is 1. The van der Waals surface area contributed by atoms with E-state index in [2.05, 4.69) is 36.7 Å². The molecule has 0 unspecified atom stereocenters. The molecule has 0 radical (unpaired) electrons. The summed E-state index contributed by atoms with van der Waals surface area (Å²) < 4.78 is 41.1. The lowest BCUT2D eigenvalue weighted by molar-refractivity contribution is -0.141. The minimum absolute atomic E-state index is 0.0265. The maximum atomic E-state index is 12.6. The highest BCUT2D eigenvalue weighted by Crippen LogP contribution is 2.28. The van der Waals surface area contributed by atoms with Gasteiger partial charge in [-0.1, -0.05) is 0 Å². The van der Waals surface area contributed by atoms with Gasteiger partial charge in [0, 0.05) is 19.2 Å². The average Bonchev–Trinajstić information content (AvgIpc) is 3.01. The molecule has 130 valence electrons. The van der Waals surface area contributed by atoms with E-state index in [1.807, 2.05) is 0 Å². The Bertz CT molecular complexity index is 745. The molecule has 2 aromatic rings. The van der Waals surface area contributed by atoms with E-state index in [1.54, 1.807) is 17.9 Å². The van der Waals surface area contributed by atoms with Crippen LogP contribution in [-0.4, -0.2) is 31.7 Å². The van der Waals surface area contributed by atoms with Crippen molar-refractivity contribution in [3.05, 3.63) is 33.8 Å². The van der Waals surface area contributed by atoms with E-state index in [0.29, 0.717) is 11.4 Å². The zero-order valence-corrected chi connectivity index (χ0v) is 14.4. The molecule has 0 aromatic carbocycles. The van der Waals surface area contributed by atoms with Gasteiger partial charge >= 0.3 is 6.18 Å². The van der Waals surface area contributed by atoms with E-state index in [9.17, 15) is 18.0 Å². The molecule has 0 saturated heterocycles. The van der Waals surface area contributed by atoms with Crippen LogP contribution in [0.25, 0.3) is 0 Å². The number of aryl methyl sites for hydroxylation is 3. The molecule has 7 nitrogen and oxygen atoms in total. The second-order valence-electron chi connectivity index (χ2n) is 4.94. The highest BCUT2D eigenvalue weighted by molar-refractivity contribution is 9.10. The van der Waals surface area contributed by atoms with Gasteiger partial charge in [0.1, 0.15) is 0 Å². The van der Waals surface area contributed by atoms with Crippen LogP contribution in [0.15, 0.2) is 21.8 Å². The number of rotatable bonds is 5. The number of halogens is 4. The van der Waals surface area contributed by atoms with Gasteiger partial charge in [-0.15, -0.1) is 0 Å². The van der Waals surface area contributed by atoms with Gasteiger partial charge in [-0.25, -0.2) is 5.43 Å². The summed E-state index contributed by atoms with van der Waals surface area (Å²) in [6.07, 6.45) is -1.55. The number of aromatic nitrogens is 4. The van der Waals surface area contributed by atoms with Gasteiger partial charge in [-0.3, -0.25) is 14.2 Å². The van der Waals surface area contributed by atoms with Crippen LogP contribution in [0.1, 0.15) is 23.5 Å². The third-order valence-corrected chi connectivity index (χ3v) is 3.75. The largest absolute Gasteiger partial charge is 0.435 e. The van der Waals surface area contributed by atoms with Crippen molar-refractivity contribution in [1.82, 2.24) is 25.0 Å². The van der Waals surface area contributed by atoms with E-state index in [-0.39, 0.29) is 13.0 Å². The zero-order chi connectivity index (χ0) is 17.9. The number of carbonyl (C=O) groups excluding carboxylic acids is 1. The Balaban J connectivity index is 1.89. The number of hydrogen-bond acceptors (Lipinski definition) is 4. The minimum atomic E-state index is -4.50. The Morgan fingerprint density at radius 3 is 2.75 bits per heavy atom. The number of hydrazone groups is 1. The van der Waals surface area contributed by atoms with Crippen molar-refractivity contribution in [1.29, 1.82) is 0 Å². The van der Waals surface area contributed by atoms with Gasteiger partial charge in [0.2, 0.25) is 5.91 Å². The molecule has 24 heavy (non-hydrogen) atoms. The fourth-order valence-electron chi connectivity index (χ4n) is 1.87. The monoisotopic (exact) mass is 406 g/mol. The molecule has 1 N–H and O–H groups in total. The Labute approximate surface area is 143 Å². The van der Waals surface area contributed by atoms with Crippen LogP contribution in [0, 0.1) is 6.92 Å². The van der Waals surface area contributed by atoms with Crippen molar-refractivity contribution in [2.75, 3.05) is 0 Å². The van der Waals surface area contributed by atoms with Crippen LogP contribution in [0.2, 0.25) is 0 Å². The second-order valence-corrected chi connectivity index (χ2v) is 5.79. The summed E-state index contributed by atoms with van der Waals surface area (Å²) in [5.74, 6) is -0.437. The van der Waals surface area contributed by atoms with Gasteiger partial charge < -0.3 is 0 Å². The smallest absolute Gasteiger partial charge is 0.273 e. The standard InChI is InChI=1S/C13H14BrF3N6O/c1-8-5-11(13(15,16)17)21-23(8)4-3-12(24)20-18-7-10-9(14)6-19-22(10)2/h5-7H,3-4H2,1-2H3,(H,20,24)/b18-7-. The molecule has 0 aliphatic rings. The molecule has 0 aliphatic carbocycles. The van der Waals surface area contributed by atoms with Crippen LogP contribution in [0.3, 0.4) is 0 Å². The first-order chi connectivity index (χ1) is 11.2. The quantitative estimate of drug-likeness (QED) is 0.610. The van der Waals surface area contributed by atoms with Crippen LogP contribution < -0.4 is 5.43 Å². The van der Waals surface area contributed by atoms with Crippen molar-refractivity contribution in [3.8, 4) is 0 Å². The second kappa shape index (κ2) is 7.16. The molecule has 0 bridgehead atoms. The molecule has 0 aliphatic heterocycles. The fourth-order valence-corrected chi connectivity index (χ4v) is 2.32. The van der Waals surface area contributed by atoms with Gasteiger partial charge in [0.25, 0.3) is 0 Å². The normalized spacial score (nSPS) is 12.1. The van der Waals surface area contributed by atoms with Crippen molar-refractivity contribution < 1.29 is 18.0 Å². The van der Waals surface area contributed by atoms with Crippen molar-refractivity contribution in [2.45, 2.75) is 26.1 Å². The SMILES string of the molecule is Cc1cc(C(F)(F)F)nn1CCC(=O)N/N=C\c1c(Br)cnn1C. The van der Waals surface area contributed by atoms with Crippen LogP contribution in [0.5, 0.6) is 0 Å². The summed E-state index contributed by atoms with van der Waals surface area (Å²) in [5.41, 5.74) is 2.33. The molecule has 11 heteroatoms. The maximum Gasteiger partial charge on any atom is 0.435 e. The van der Waals surface area contributed by atoms with Gasteiger partial charge in [0.15, 0.2) is 5.69 Å². The summed E-state index contributed by atoms with van der Waals surface area (Å²) in [7, 11) is 1.71. The molecule has 0 spiro atoms. The summed E-state index contributed by atoms with van der Waals surface area (Å²) in [5, 5.41) is 11.2. The van der Waals surface area contributed by atoms with Crippen molar-refractivity contribution in [2.24, 2.45) is 12.1 Å². The van der Waals surface area contributed by atoms with Crippen LogP contribution >= 0.6 is 15.9 Å². The Hall–Kier alpha value is -2.17. The first kappa shape index (κ1) is 18.2. The fraction of sp³-hybridized carbons (Fsp3) is 0.385. The van der Waals surface area contributed by atoms with Gasteiger partial charge in [-0.05, 0) is 28.9 Å². The van der Waals surface area contributed by atoms with Gasteiger partial charge in [-0.2, -0.15) is 28.5 Å². The predicted octanol–water partition coefficient (Wildman–Crippen LogP) is 2.25. The lowest BCUT2D eigenvalue weighted by atomic mass is 10.3. The topological polar surface area (TPSA) is 77.1 Å². The number of nitrogens with one attached hydrogen (secondary N) is 1. The third-order valence-electron chi connectivity index (χ3n) is 3.14. The zero-order valence-electron chi connectivity index (χ0n) is 12.8. The van der Waals surface area contributed by atoms with Crippen molar-refractivity contribution >= 4 is 28.1 Å². The Morgan fingerprint density at radius 2 is 2.21 bits per heavy atom. The molecule has 2 aromatic heterocycles. The van der Waals surface area contributed by atoms with E-state index >= 15 is 0 Å². The van der Waals surface area contributed by atoms with E-state index in [4.69, 9.17) is 0 Å². The summed E-state index contributed by atoms with van der Waals surface area (Å²) >= 11 is 3.28. The molecule has 2 heterocycles. The molecular formula is C13H14BrF3N6O. The Morgan fingerprint density at radius 1 is 1.50 bits per heavy atom. The number of alkyl halides is 3. The first-order valence-corrected chi connectivity index (χ1v) is 7.59. The first-order valence-electron chi connectivity index (χ1n) is 6.79. The molecule has 1 amide bonds. The average molecular weight is 407 g/mol. The molecule has 2 rings (SSSR count). The lowest BCUT2D eigenvalue weighted by Crippen LogP contribution is -2.20. The number of nitrogens with zero attached hydrogens (tertiary/aromatic N) is 5. The van der Waals surface area contributed by atoms with E-state index in [1.165, 1.54) is 13.1 Å². The van der Waals surface area contributed by atoms with Crippen LogP contribution in [0.4, 0.5) is 13.2 Å². The van der Waals surface area contributed by atoms with Crippen LogP contribution in [-0.2, 0) is 24.6 Å². The molecule has 0 atom stereocenters. The highest BCUT2D eigenvalue weighted by atomic mass is 79.9. The van der Waals surface area contributed by atoms with E-state index in [0.717, 1.165) is 15.2 Å². The van der Waals surface area contributed by atoms with Gasteiger partial charge in [0.05, 0.1) is 29.1 Å². The lowest BCUT2D eigenvalue weighted by Gasteiger charge is -2.04. The summed E-state index contributed by atoms with van der Waals surface area (Å²) in [6.45, 7) is 1.52. The number of carbonyl (C=O) groups is 1. The third kappa shape index (κ3) is 4.43. The summed E-state index contributed by atoms with van der Waals surface area (Å²) in [4.78, 5) is 11.7. The van der Waals surface area contributed by atoms with E-state index < -0.39 is 17.8 Å². The molecular weight excluding hydrogens is 393 g/mol. The highest BCUT2D eigenvalue weighted by Gasteiger charge is 2.34. The maximum absolute atomic E-state index is 12.6. The number of amides is 1. The minimum Gasteiger partial charge on any atom is -0.273 e.